The number of pyridine rings is 2. The minimum Gasteiger partial charge on any atom is -0.384 e. The fourth-order valence-electron chi connectivity index (χ4n) is 4.29. The summed E-state index contributed by atoms with van der Waals surface area (Å²) in [4.78, 5) is 18.6. The van der Waals surface area contributed by atoms with Crippen LogP contribution in [0.15, 0.2) is 65.6 Å². The normalized spacial score (nSPS) is 15.7. The Hall–Kier alpha value is -3.12. The van der Waals surface area contributed by atoms with Crippen molar-refractivity contribution in [2.75, 3.05) is 30.9 Å². The first-order valence-electron chi connectivity index (χ1n) is 10.3. The van der Waals surface area contributed by atoms with Gasteiger partial charge in [-0.2, -0.15) is 0 Å². The summed E-state index contributed by atoms with van der Waals surface area (Å²) >= 11 is 0. The van der Waals surface area contributed by atoms with E-state index in [0.717, 1.165) is 43.0 Å². The van der Waals surface area contributed by atoms with Crippen molar-refractivity contribution in [3.8, 4) is 11.1 Å². The Bertz CT molecular complexity index is 1060. The molecular formula is C24H28N4O2. The molecule has 1 atom stereocenters. The fourth-order valence-corrected chi connectivity index (χ4v) is 4.29. The first-order chi connectivity index (χ1) is 14.5. The lowest BCUT2D eigenvalue weighted by Crippen LogP contribution is -2.34. The molecule has 6 nitrogen and oxygen atoms in total. The molecule has 0 saturated carbocycles. The highest BCUT2D eigenvalue weighted by molar-refractivity contribution is 5.69. The van der Waals surface area contributed by atoms with Crippen LogP contribution in [0.3, 0.4) is 0 Å². The van der Waals surface area contributed by atoms with Crippen LogP contribution in [-0.2, 0) is 11.8 Å². The maximum Gasteiger partial charge on any atom is 0.250 e. The summed E-state index contributed by atoms with van der Waals surface area (Å²) in [7, 11) is 3.83. The van der Waals surface area contributed by atoms with Crippen molar-refractivity contribution >= 4 is 11.6 Å². The first-order valence-corrected chi connectivity index (χ1v) is 10.3. The van der Waals surface area contributed by atoms with E-state index in [1.807, 2.05) is 30.5 Å². The first kappa shape index (κ1) is 20.2. The standard InChI is InChI=1S/C24H28N4O2/c1-27-16-19(8-9-23(27)29)20-14-21(25)26-22(15-20)28(2)24(17-6-4-3-5-7-17)18-10-12-30-13-11-18/h3-9,14-16,18,24H,10-13H2,1-2H3,(H2,25,26). The molecule has 0 bridgehead atoms. The Kier molecular flexibility index (Phi) is 5.86. The number of anilines is 2. The van der Waals surface area contributed by atoms with E-state index in [-0.39, 0.29) is 11.6 Å². The van der Waals surface area contributed by atoms with E-state index < -0.39 is 0 Å². The van der Waals surface area contributed by atoms with Crippen molar-refractivity contribution < 1.29 is 4.74 Å². The van der Waals surface area contributed by atoms with Crippen LogP contribution in [0.4, 0.5) is 11.6 Å². The van der Waals surface area contributed by atoms with Gasteiger partial charge in [-0.3, -0.25) is 4.79 Å². The summed E-state index contributed by atoms with van der Waals surface area (Å²) in [5.41, 5.74) is 9.29. The lowest BCUT2D eigenvalue weighted by Gasteiger charge is -2.38. The summed E-state index contributed by atoms with van der Waals surface area (Å²) in [6.07, 6.45) is 3.85. The lowest BCUT2D eigenvalue weighted by atomic mass is 9.86. The second kappa shape index (κ2) is 8.71. The van der Waals surface area contributed by atoms with E-state index in [1.165, 1.54) is 5.56 Å². The van der Waals surface area contributed by atoms with Crippen molar-refractivity contribution in [2.45, 2.75) is 18.9 Å². The maximum atomic E-state index is 11.8. The van der Waals surface area contributed by atoms with Crippen LogP contribution in [-0.4, -0.2) is 29.8 Å². The van der Waals surface area contributed by atoms with E-state index in [9.17, 15) is 4.79 Å². The van der Waals surface area contributed by atoms with Crippen LogP contribution in [0.25, 0.3) is 11.1 Å². The molecule has 4 rings (SSSR count). The molecule has 1 fully saturated rings. The van der Waals surface area contributed by atoms with Gasteiger partial charge < -0.3 is 19.9 Å². The van der Waals surface area contributed by atoms with Crippen molar-refractivity contribution in [1.29, 1.82) is 0 Å². The number of hydrogen-bond acceptors (Lipinski definition) is 5. The topological polar surface area (TPSA) is 73.4 Å². The van der Waals surface area contributed by atoms with Crippen LogP contribution in [0.2, 0.25) is 0 Å². The van der Waals surface area contributed by atoms with Crippen molar-refractivity contribution in [3.05, 3.63) is 76.7 Å². The number of aromatic nitrogens is 2. The molecule has 1 saturated heterocycles. The predicted octanol–water partition coefficient (Wildman–Crippen LogP) is 3.63. The molecule has 0 spiro atoms. The molecule has 3 aromatic rings. The monoisotopic (exact) mass is 404 g/mol. The van der Waals surface area contributed by atoms with Crippen LogP contribution < -0.4 is 16.2 Å². The molecule has 1 aliphatic rings. The Labute approximate surface area is 176 Å². The van der Waals surface area contributed by atoms with E-state index in [2.05, 4.69) is 41.2 Å². The quantitative estimate of drug-likeness (QED) is 0.703. The number of ether oxygens (including phenoxy) is 1. The number of nitrogens with two attached hydrogens (primary N) is 1. The van der Waals surface area contributed by atoms with Crippen LogP contribution >= 0.6 is 0 Å². The lowest BCUT2D eigenvalue weighted by molar-refractivity contribution is 0.0577. The fraction of sp³-hybridized carbons (Fsp3) is 0.333. The van der Waals surface area contributed by atoms with E-state index in [0.29, 0.717) is 11.7 Å². The third-order valence-corrected chi connectivity index (χ3v) is 5.88. The van der Waals surface area contributed by atoms with Crippen LogP contribution in [0.1, 0.15) is 24.4 Å². The molecule has 1 aromatic carbocycles. The molecule has 1 aliphatic heterocycles. The predicted molar refractivity (Wildman–Crippen MR) is 120 cm³/mol. The minimum absolute atomic E-state index is 0.0400. The van der Waals surface area contributed by atoms with Crippen LogP contribution in [0.5, 0.6) is 0 Å². The van der Waals surface area contributed by atoms with E-state index in [4.69, 9.17) is 10.5 Å². The molecule has 1 unspecified atom stereocenters. The van der Waals surface area contributed by atoms with E-state index >= 15 is 0 Å². The highest BCUT2D eigenvalue weighted by Gasteiger charge is 2.29. The third-order valence-electron chi connectivity index (χ3n) is 5.88. The van der Waals surface area contributed by atoms with Gasteiger partial charge in [0.25, 0.3) is 0 Å². The number of benzene rings is 1. The third kappa shape index (κ3) is 4.24. The van der Waals surface area contributed by atoms with Gasteiger partial charge >= 0.3 is 0 Å². The van der Waals surface area contributed by atoms with Gasteiger partial charge in [-0.15, -0.1) is 0 Å². The van der Waals surface area contributed by atoms with Gasteiger partial charge in [0.05, 0.1) is 6.04 Å². The molecule has 30 heavy (non-hydrogen) atoms. The molecule has 0 amide bonds. The highest BCUT2D eigenvalue weighted by atomic mass is 16.5. The molecule has 0 radical (unpaired) electrons. The summed E-state index contributed by atoms with van der Waals surface area (Å²) in [5, 5.41) is 0. The Morgan fingerprint density at radius 3 is 2.53 bits per heavy atom. The zero-order valence-electron chi connectivity index (χ0n) is 17.5. The molecule has 0 aliphatic carbocycles. The maximum absolute atomic E-state index is 11.8. The molecule has 3 heterocycles. The van der Waals surface area contributed by atoms with Crippen LogP contribution in [0, 0.1) is 5.92 Å². The summed E-state index contributed by atoms with van der Waals surface area (Å²) in [6, 6.07) is 18.0. The number of nitrogen functional groups attached to an aromatic ring is 1. The summed E-state index contributed by atoms with van der Waals surface area (Å²) in [5.74, 6) is 1.75. The van der Waals surface area contributed by atoms with Gasteiger partial charge in [0.15, 0.2) is 0 Å². The molecule has 156 valence electrons. The second-order valence-electron chi connectivity index (χ2n) is 7.92. The number of nitrogens with zero attached hydrogens (tertiary/aromatic N) is 3. The van der Waals surface area contributed by atoms with Gasteiger partial charge in [0.2, 0.25) is 5.56 Å². The zero-order valence-corrected chi connectivity index (χ0v) is 17.5. The smallest absolute Gasteiger partial charge is 0.250 e. The van der Waals surface area contributed by atoms with Gasteiger partial charge in [0, 0.05) is 39.6 Å². The SMILES string of the molecule is CN(c1cc(-c2ccc(=O)n(C)c2)cc(N)n1)C(c1ccccc1)C1CCOCC1. The molecule has 6 heteroatoms. The summed E-state index contributed by atoms with van der Waals surface area (Å²) in [6.45, 7) is 1.57. The van der Waals surface area contributed by atoms with Gasteiger partial charge in [-0.25, -0.2) is 4.98 Å². The Morgan fingerprint density at radius 1 is 1.10 bits per heavy atom. The molecule has 2 N–H and O–H groups in total. The molecular weight excluding hydrogens is 376 g/mol. The van der Waals surface area contributed by atoms with Crippen molar-refractivity contribution in [2.24, 2.45) is 13.0 Å². The van der Waals surface area contributed by atoms with Crippen molar-refractivity contribution in [3.63, 3.8) is 0 Å². The minimum atomic E-state index is -0.0400. The number of hydrogen-bond donors (Lipinski definition) is 1. The average Bonchev–Trinajstić information content (AvgIpc) is 2.77. The van der Waals surface area contributed by atoms with E-state index in [1.54, 1.807) is 17.7 Å². The van der Waals surface area contributed by atoms with Gasteiger partial charge in [0.1, 0.15) is 11.6 Å². The number of rotatable bonds is 5. The second-order valence-corrected chi connectivity index (χ2v) is 7.92. The van der Waals surface area contributed by atoms with Gasteiger partial charge in [-0.05, 0) is 53.6 Å². The van der Waals surface area contributed by atoms with Crippen molar-refractivity contribution in [1.82, 2.24) is 9.55 Å². The Morgan fingerprint density at radius 2 is 1.83 bits per heavy atom. The zero-order chi connectivity index (χ0) is 21.1. The highest BCUT2D eigenvalue weighted by Crippen LogP contribution is 2.37. The largest absolute Gasteiger partial charge is 0.384 e. The average molecular weight is 405 g/mol. The van der Waals surface area contributed by atoms with Gasteiger partial charge in [-0.1, -0.05) is 30.3 Å². The Balaban J connectivity index is 1.74. The summed E-state index contributed by atoms with van der Waals surface area (Å²) < 4.78 is 7.18. The molecule has 2 aromatic heterocycles. The number of aryl methyl sites for hydroxylation is 1.